The number of nitrogens with one attached hydrogen (secondary N) is 2. The fourth-order valence-electron chi connectivity index (χ4n) is 4.09. The van der Waals surface area contributed by atoms with Gasteiger partial charge >= 0.3 is 0 Å². The van der Waals surface area contributed by atoms with Crippen LogP contribution >= 0.6 is 0 Å². The van der Waals surface area contributed by atoms with E-state index in [0.717, 1.165) is 43.5 Å². The first kappa shape index (κ1) is 22.1. The molecule has 2 N–H and O–H groups in total. The molecule has 0 amide bonds. The van der Waals surface area contributed by atoms with E-state index < -0.39 is 0 Å². The summed E-state index contributed by atoms with van der Waals surface area (Å²) in [5.74, 6) is 3.51. The molecule has 1 aromatic carbocycles. The molecule has 1 aliphatic carbocycles. The first-order valence-electron chi connectivity index (χ1n) is 11.2. The van der Waals surface area contributed by atoms with Gasteiger partial charge in [0.25, 0.3) is 0 Å². The Kier molecular flexibility index (Phi) is 8.53. The summed E-state index contributed by atoms with van der Waals surface area (Å²) in [6, 6.07) is 8.64. The number of benzene rings is 1. The normalized spacial score (nSPS) is 19.5. The van der Waals surface area contributed by atoms with Crippen LogP contribution in [-0.2, 0) is 19.4 Å². The SMILES string of the molecule is CCc1nncn1CCNC(=NCCc1ccccc1OC)NC1CCCCC1C. The fourth-order valence-corrected chi connectivity index (χ4v) is 4.09. The van der Waals surface area contributed by atoms with Gasteiger partial charge in [-0.3, -0.25) is 4.99 Å². The van der Waals surface area contributed by atoms with Crippen LogP contribution < -0.4 is 15.4 Å². The largest absolute Gasteiger partial charge is 0.496 e. The van der Waals surface area contributed by atoms with Crippen molar-refractivity contribution in [3.05, 3.63) is 42.0 Å². The molecule has 2 unspecified atom stereocenters. The number of guanidine groups is 1. The van der Waals surface area contributed by atoms with E-state index in [-0.39, 0.29) is 0 Å². The molecule has 0 spiro atoms. The van der Waals surface area contributed by atoms with Gasteiger partial charge < -0.3 is 19.9 Å². The molecule has 7 nitrogen and oxygen atoms in total. The van der Waals surface area contributed by atoms with Crippen molar-refractivity contribution in [3.8, 4) is 5.75 Å². The van der Waals surface area contributed by atoms with Gasteiger partial charge in [0.05, 0.1) is 7.11 Å². The number of ether oxygens (including phenoxy) is 1. The molecule has 1 aromatic heterocycles. The molecule has 164 valence electrons. The number of aliphatic imine (C=N–C) groups is 1. The standard InChI is InChI=1S/C23H36N6O/c1-4-22-28-26-17-29(22)16-15-25-23(27-20-11-7-5-9-18(20)2)24-14-13-19-10-6-8-12-21(19)30-3/h6,8,10,12,17-18,20H,4-5,7,9,11,13-16H2,1-3H3,(H2,24,25,27). The fraction of sp³-hybridized carbons (Fsp3) is 0.609. The van der Waals surface area contributed by atoms with Crippen LogP contribution in [0.4, 0.5) is 0 Å². The molecule has 1 aliphatic rings. The van der Waals surface area contributed by atoms with E-state index in [9.17, 15) is 0 Å². The second-order valence-corrected chi connectivity index (χ2v) is 8.03. The summed E-state index contributed by atoms with van der Waals surface area (Å²) >= 11 is 0. The van der Waals surface area contributed by atoms with Crippen LogP contribution in [0.5, 0.6) is 5.75 Å². The molecule has 3 rings (SSSR count). The van der Waals surface area contributed by atoms with Crippen LogP contribution in [0.15, 0.2) is 35.6 Å². The number of aryl methyl sites for hydroxylation is 1. The predicted molar refractivity (Wildman–Crippen MR) is 121 cm³/mol. The Bertz CT molecular complexity index is 802. The molecule has 1 fully saturated rings. The number of aromatic nitrogens is 3. The Balaban J connectivity index is 1.61. The van der Waals surface area contributed by atoms with Crippen molar-refractivity contribution in [1.82, 2.24) is 25.4 Å². The minimum Gasteiger partial charge on any atom is -0.496 e. The maximum Gasteiger partial charge on any atom is 0.191 e. The third kappa shape index (κ3) is 6.21. The minimum absolute atomic E-state index is 0.484. The van der Waals surface area contributed by atoms with E-state index in [2.05, 4.69) is 45.3 Å². The van der Waals surface area contributed by atoms with Crippen LogP contribution in [0.25, 0.3) is 0 Å². The number of nitrogens with zero attached hydrogens (tertiary/aromatic N) is 4. The van der Waals surface area contributed by atoms with Crippen molar-refractivity contribution in [2.75, 3.05) is 20.2 Å². The highest BCUT2D eigenvalue weighted by molar-refractivity contribution is 5.80. The molecule has 0 bridgehead atoms. The lowest BCUT2D eigenvalue weighted by atomic mass is 9.86. The number of hydrogen-bond acceptors (Lipinski definition) is 4. The maximum absolute atomic E-state index is 5.47. The van der Waals surface area contributed by atoms with Gasteiger partial charge in [0.15, 0.2) is 5.96 Å². The third-order valence-electron chi connectivity index (χ3n) is 5.93. The molecule has 1 heterocycles. The Hall–Kier alpha value is -2.57. The van der Waals surface area contributed by atoms with Gasteiger partial charge in [-0.1, -0.05) is 44.9 Å². The van der Waals surface area contributed by atoms with Crippen LogP contribution in [0, 0.1) is 5.92 Å². The lowest BCUT2D eigenvalue weighted by Gasteiger charge is -2.31. The van der Waals surface area contributed by atoms with E-state index >= 15 is 0 Å². The zero-order chi connectivity index (χ0) is 21.2. The molecule has 0 saturated heterocycles. The summed E-state index contributed by atoms with van der Waals surface area (Å²) in [5, 5.41) is 15.4. The highest BCUT2D eigenvalue weighted by Gasteiger charge is 2.22. The molecule has 2 atom stereocenters. The summed E-state index contributed by atoms with van der Waals surface area (Å²) in [6.07, 6.45) is 8.65. The van der Waals surface area contributed by atoms with Crippen LogP contribution in [0.1, 0.15) is 50.9 Å². The Morgan fingerprint density at radius 2 is 2.10 bits per heavy atom. The zero-order valence-corrected chi connectivity index (χ0v) is 18.6. The number of hydrogen-bond donors (Lipinski definition) is 2. The van der Waals surface area contributed by atoms with Crippen molar-refractivity contribution in [1.29, 1.82) is 0 Å². The van der Waals surface area contributed by atoms with Crippen LogP contribution in [-0.4, -0.2) is 47.0 Å². The summed E-state index contributed by atoms with van der Waals surface area (Å²) in [5.41, 5.74) is 1.19. The zero-order valence-electron chi connectivity index (χ0n) is 18.6. The van der Waals surface area contributed by atoms with Gasteiger partial charge in [0.1, 0.15) is 17.9 Å². The van der Waals surface area contributed by atoms with Gasteiger partial charge in [0.2, 0.25) is 0 Å². The molecule has 0 aliphatic heterocycles. The van der Waals surface area contributed by atoms with Crippen molar-refractivity contribution in [2.45, 2.75) is 65.0 Å². The number of para-hydroxylation sites is 1. The average molecular weight is 413 g/mol. The van der Waals surface area contributed by atoms with Crippen molar-refractivity contribution >= 4 is 5.96 Å². The van der Waals surface area contributed by atoms with E-state index in [1.807, 2.05) is 18.2 Å². The van der Waals surface area contributed by atoms with Crippen LogP contribution in [0.2, 0.25) is 0 Å². The minimum atomic E-state index is 0.484. The highest BCUT2D eigenvalue weighted by atomic mass is 16.5. The van der Waals surface area contributed by atoms with Crippen LogP contribution in [0.3, 0.4) is 0 Å². The van der Waals surface area contributed by atoms with Gasteiger partial charge in [-0.25, -0.2) is 0 Å². The van der Waals surface area contributed by atoms with Gasteiger partial charge in [-0.2, -0.15) is 0 Å². The van der Waals surface area contributed by atoms with Crippen molar-refractivity contribution in [2.24, 2.45) is 10.9 Å². The lowest BCUT2D eigenvalue weighted by molar-refractivity contribution is 0.306. The van der Waals surface area contributed by atoms with Gasteiger partial charge in [-0.15, -0.1) is 10.2 Å². The Labute approximate surface area is 180 Å². The summed E-state index contributed by atoms with van der Waals surface area (Å²) in [4.78, 5) is 4.88. The molecule has 2 aromatic rings. The number of methoxy groups -OCH3 is 1. The van der Waals surface area contributed by atoms with Crippen molar-refractivity contribution in [3.63, 3.8) is 0 Å². The average Bonchev–Trinajstić information content (AvgIpc) is 3.23. The summed E-state index contributed by atoms with van der Waals surface area (Å²) < 4.78 is 7.57. The molecule has 30 heavy (non-hydrogen) atoms. The van der Waals surface area contributed by atoms with E-state index in [1.165, 1.54) is 31.2 Å². The molecular weight excluding hydrogens is 376 g/mol. The Morgan fingerprint density at radius 1 is 1.27 bits per heavy atom. The van der Waals surface area contributed by atoms with E-state index in [1.54, 1.807) is 13.4 Å². The van der Waals surface area contributed by atoms with Crippen molar-refractivity contribution < 1.29 is 4.74 Å². The quantitative estimate of drug-likeness (QED) is 0.489. The predicted octanol–water partition coefficient (Wildman–Crippen LogP) is 3.21. The molecule has 7 heteroatoms. The summed E-state index contributed by atoms with van der Waals surface area (Å²) in [7, 11) is 1.72. The molecule has 1 saturated carbocycles. The lowest BCUT2D eigenvalue weighted by Crippen LogP contribution is -2.48. The molecular formula is C23H36N6O. The second-order valence-electron chi connectivity index (χ2n) is 8.03. The van der Waals surface area contributed by atoms with Gasteiger partial charge in [0, 0.05) is 32.1 Å². The third-order valence-corrected chi connectivity index (χ3v) is 5.93. The first-order chi connectivity index (χ1) is 14.7. The Morgan fingerprint density at radius 3 is 2.90 bits per heavy atom. The maximum atomic E-state index is 5.47. The number of rotatable bonds is 9. The second kappa shape index (κ2) is 11.6. The first-order valence-corrected chi connectivity index (χ1v) is 11.2. The summed E-state index contributed by atoms with van der Waals surface area (Å²) in [6.45, 7) is 6.76. The van der Waals surface area contributed by atoms with E-state index in [4.69, 9.17) is 9.73 Å². The highest BCUT2D eigenvalue weighted by Crippen LogP contribution is 2.23. The smallest absolute Gasteiger partial charge is 0.191 e. The molecule has 0 radical (unpaired) electrons. The van der Waals surface area contributed by atoms with E-state index in [0.29, 0.717) is 18.5 Å². The van der Waals surface area contributed by atoms with Gasteiger partial charge in [-0.05, 0) is 36.8 Å². The monoisotopic (exact) mass is 412 g/mol. The topological polar surface area (TPSA) is 76.4 Å².